The zero-order chi connectivity index (χ0) is 45.8. The number of hydrogen-bond acceptors (Lipinski definition) is 6. The van der Waals surface area contributed by atoms with E-state index in [-0.39, 0.29) is 37.5 Å². The van der Waals surface area contributed by atoms with Crippen LogP contribution in [-0.2, 0) is 28.6 Å². The van der Waals surface area contributed by atoms with Gasteiger partial charge in [0.1, 0.15) is 13.2 Å². The molecule has 0 aromatic rings. The van der Waals surface area contributed by atoms with E-state index in [0.29, 0.717) is 19.3 Å². The van der Waals surface area contributed by atoms with E-state index in [9.17, 15) is 14.4 Å². The van der Waals surface area contributed by atoms with Gasteiger partial charge in [0.25, 0.3) is 0 Å². The van der Waals surface area contributed by atoms with Crippen LogP contribution in [-0.4, -0.2) is 37.2 Å². The Morgan fingerprint density at radius 2 is 0.619 bits per heavy atom. The van der Waals surface area contributed by atoms with E-state index in [1.807, 2.05) is 6.08 Å². The summed E-state index contributed by atoms with van der Waals surface area (Å²) in [5.41, 5.74) is 0. The van der Waals surface area contributed by atoms with Crippen LogP contribution in [0.2, 0.25) is 0 Å². The second kappa shape index (κ2) is 51.5. The Balaban J connectivity index is 4.46. The third-order valence-corrected chi connectivity index (χ3v) is 11.2. The molecule has 6 heteroatoms. The summed E-state index contributed by atoms with van der Waals surface area (Å²) in [6, 6.07) is 0. The monoisotopic (exact) mass is 879 g/mol. The Kier molecular flexibility index (Phi) is 48.9. The minimum atomic E-state index is -0.801. The van der Waals surface area contributed by atoms with Crippen molar-refractivity contribution in [2.75, 3.05) is 13.2 Å². The van der Waals surface area contributed by atoms with E-state index in [4.69, 9.17) is 14.2 Å². The van der Waals surface area contributed by atoms with Gasteiger partial charge in [0.2, 0.25) is 0 Å². The van der Waals surface area contributed by atoms with Gasteiger partial charge in [-0.25, -0.2) is 0 Å². The van der Waals surface area contributed by atoms with Crippen LogP contribution in [0.1, 0.15) is 252 Å². The third kappa shape index (κ3) is 49.7. The first-order valence-electron chi connectivity index (χ1n) is 26.4. The highest BCUT2D eigenvalue weighted by atomic mass is 16.6. The minimum Gasteiger partial charge on any atom is -0.462 e. The Labute approximate surface area is 389 Å². The van der Waals surface area contributed by atoms with Gasteiger partial charge in [-0.2, -0.15) is 0 Å². The van der Waals surface area contributed by atoms with Crippen LogP contribution in [0.5, 0.6) is 0 Å². The van der Waals surface area contributed by atoms with Crippen molar-refractivity contribution in [3.05, 3.63) is 72.9 Å². The van der Waals surface area contributed by atoms with Crippen LogP contribution < -0.4 is 0 Å². The molecule has 0 saturated heterocycles. The average Bonchev–Trinajstić information content (AvgIpc) is 3.28. The van der Waals surface area contributed by atoms with Gasteiger partial charge >= 0.3 is 17.9 Å². The van der Waals surface area contributed by atoms with Gasteiger partial charge in [-0.1, -0.05) is 248 Å². The smallest absolute Gasteiger partial charge is 0.306 e. The summed E-state index contributed by atoms with van der Waals surface area (Å²) in [6.07, 6.45) is 64.7. The molecule has 0 amide bonds. The quantitative estimate of drug-likeness (QED) is 0.0262. The van der Waals surface area contributed by atoms with Crippen molar-refractivity contribution in [3.63, 3.8) is 0 Å². The molecule has 1 atom stereocenters. The normalized spacial score (nSPS) is 12.6. The largest absolute Gasteiger partial charge is 0.462 e. The highest BCUT2D eigenvalue weighted by molar-refractivity contribution is 5.71. The second-order valence-corrected chi connectivity index (χ2v) is 17.4. The van der Waals surface area contributed by atoms with Gasteiger partial charge in [-0.15, -0.1) is 0 Å². The molecule has 0 aromatic carbocycles. The molecule has 0 unspecified atom stereocenters. The summed E-state index contributed by atoms with van der Waals surface area (Å²) in [4.78, 5) is 37.9. The van der Waals surface area contributed by atoms with E-state index in [2.05, 4.69) is 87.6 Å². The van der Waals surface area contributed by atoms with Crippen LogP contribution in [0, 0.1) is 0 Å². The predicted molar refractivity (Wildman–Crippen MR) is 270 cm³/mol. The van der Waals surface area contributed by atoms with Gasteiger partial charge in [0.15, 0.2) is 6.10 Å². The number of ether oxygens (including phenoxy) is 3. The molecule has 6 nitrogen and oxygen atoms in total. The molecule has 63 heavy (non-hydrogen) atoms. The Morgan fingerprint density at radius 1 is 0.333 bits per heavy atom. The van der Waals surface area contributed by atoms with Crippen molar-refractivity contribution in [2.45, 2.75) is 258 Å². The molecule has 0 radical (unpaired) electrons. The first-order chi connectivity index (χ1) is 31.0. The van der Waals surface area contributed by atoms with E-state index in [1.54, 1.807) is 0 Å². The summed E-state index contributed by atoms with van der Waals surface area (Å²) < 4.78 is 16.7. The zero-order valence-electron chi connectivity index (χ0n) is 41.3. The summed E-state index contributed by atoms with van der Waals surface area (Å²) in [7, 11) is 0. The van der Waals surface area contributed by atoms with Crippen molar-refractivity contribution in [1.82, 2.24) is 0 Å². The molecular formula is C57H98O6. The van der Waals surface area contributed by atoms with Crippen molar-refractivity contribution in [1.29, 1.82) is 0 Å². The molecule has 0 aliphatic carbocycles. The van der Waals surface area contributed by atoms with E-state index < -0.39 is 6.10 Å². The maximum absolute atomic E-state index is 12.8. The zero-order valence-corrected chi connectivity index (χ0v) is 41.3. The first-order valence-corrected chi connectivity index (χ1v) is 26.4. The molecule has 362 valence electrons. The summed E-state index contributed by atoms with van der Waals surface area (Å²) in [5, 5.41) is 0. The summed E-state index contributed by atoms with van der Waals surface area (Å²) in [5.74, 6) is -0.978. The van der Waals surface area contributed by atoms with Crippen molar-refractivity contribution in [2.24, 2.45) is 0 Å². The highest BCUT2D eigenvalue weighted by Crippen LogP contribution is 2.15. The summed E-state index contributed by atoms with van der Waals surface area (Å²) >= 11 is 0. The lowest BCUT2D eigenvalue weighted by atomic mass is 10.0. The molecule has 0 N–H and O–H groups in total. The van der Waals surface area contributed by atoms with E-state index in [0.717, 1.165) is 77.0 Å². The lowest BCUT2D eigenvalue weighted by Gasteiger charge is -2.18. The van der Waals surface area contributed by atoms with Gasteiger partial charge < -0.3 is 14.2 Å². The second-order valence-electron chi connectivity index (χ2n) is 17.4. The van der Waals surface area contributed by atoms with E-state index >= 15 is 0 Å². The molecule has 0 rings (SSSR count). The molecular weight excluding hydrogens is 781 g/mol. The fraction of sp³-hybridized carbons (Fsp3) is 0.737. The van der Waals surface area contributed by atoms with E-state index in [1.165, 1.54) is 128 Å². The average molecular weight is 879 g/mol. The number of hydrogen-bond donors (Lipinski definition) is 0. The van der Waals surface area contributed by atoms with Crippen LogP contribution in [0.3, 0.4) is 0 Å². The summed E-state index contributed by atoms with van der Waals surface area (Å²) in [6.45, 7) is 6.46. The molecule has 0 aliphatic rings. The van der Waals surface area contributed by atoms with Gasteiger partial charge in [0.05, 0.1) is 0 Å². The Morgan fingerprint density at radius 3 is 0.968 bits per heavy atom. The Hall–Kier alpha value is -3.15. The van der Waals surface area contributed by atoms with Crippen LogP contribution in [0.4, 0.5) is 0 Å². The van der Waals surface area contributed by atoms with Gasteiger partial charge in [-0.05, 0) is 57.8 Å². The predicted octanol–water partition coefficient (Wildman–Crippen LogP) is 17.4. The molecule has 0 spiro atoms. The first kappa shape index (κ1) is 59.9. The number of carbonyl (C=O) groups is 3. The number of carbonyl (C=O) groups excluding carboxylic acids is 3. The van der Waals surface area contributed by atoms with Crippen molar-refractivity contribution in [3.8, 4) is 0 Å². The fourth-order valence-electron chi connectivity index (χ4n) is 7.29. The lowest BCUT2D eigenvalue weighted by molar-refractivity contribution is -0.166. The maximum atomic E-state index is 12.8. The minimum absolute atomic E-state index is 0.0953. The lowest BCUT2D eigenvalue weighted by Crippen LogP contribution is -2.30. The van der Waals surface area contributed by atoms with Crippen molar-refractivity contribution < 1.29 is 28.6 Å². The molecule has 0 bridgehead atoms. The number of unbranched alkanes of at least 4 members (excludes halogenated alkanes) is 24. The fourth-order valence-corrected chi connectivity index (χ4v) is 7.29. The van der Waals surface area contributed by atoms with Gasteiger partial charge in [-0.3, -0.25) is 14.4 Å². The van der Waals surface area contributed by atoms with Crippen LogP contribution >= 0.6 is 0 Å². The topological polar surface area (TPSA) is 78.9 Å². The number of rotatable bonds is 47. The SMILES string of the molecule is CC/C=C\C/C=C\C/C=C\C/C=C\C/C=C\C/C=C\CCC(=O)OC[C@H](COC(=O)CCCCCCCCCCCCC)OC(=O)CCCCCCCCCCCCCCCCC. The molecule has 0 aromatic heterocycles. The van der Waals surface area contributed by atoms with Crippen LogP contribution in [0.25, 0.3) is 0 Å². The molecule has 0 heterocycles. The number of esters is 3. The molecule has 0 fully saturated rings. The van der Waals surface area contributed by atoms with Crippen molar-refractivity contribution >= 4 is 17.9 Å². The standard InChI is InChI=1S/C57H98O6/c1-4-7-10-13-16-19-22-24-26-27-28-29-31-32-35-38-41-44-47-50-56(59)62-53-54(52-61-55(58)49-46-43-40-37-34-21-18-15-12-9-6-3)63-57(60)51-48-45-42-39-36-33-30-25-23-20-17-14-11-8-5-2/h7,10,16,19,24,26,28-29,32,35,41,44,54H,4-6,8-9,11-15,17-18,20-23,25,27,30-31,33-34,36-40,42-43,45-53H2,1-3H3/b10-7-,19-16-,26-24-,29-28-,35-32-,44-41-/t54-/m0/s1. The van der Waals surface area contributed by atoms with Gasteiger partial charge in [0, 0.05) is 19.3 Å². The molecule has 0 saturated carbocycles. The molecule has 0 aliphatic heterocycles. The Bertz CT molecular complexity index is 1190. The number of allylic oxidation sites excluding steroid dienone is 12. The highest BCUT2D eigenvalue weighted by Gasteiger charge is 2.19. The maximum Gasteiger partial charge on any atom is 0.306 e. The third-order valence-electron chi connectivity index (χ3n) is 11.2. The van der Waals surface area contributed by atoms with Crippen LogP contribution in [0.15, 0.2) is 72.9 Å².